The molecule has 6 heteroatoms. The Kier molecular flexibility index (Phi) is 3.84. The van der Waals surface area contributed by atoms with Crippen molar-refractivity contribution in [1.82, 2.24) is 0 Å². The van der Waals surface area contributed by atoms with Crippen molar-refractivity contribution in [2.45, 2.75) is 11.5 Å². The number of hydrogen-bond donors (Lipinski definition) is 0. The maximum absolute atomic E-state index is 14.0. The molecule has 158 valence electrons. The molecule has 2 atom stereocenters. The Morgan fingerprint density at radius 2 is 1.44 bits per heavy atom. The molecule has 4 aliphatic rings. The Balaban J connectivity index is 1.65. The first-order chi connectivity index (χ1) is 15.6. The van der Waals surface area contributed by atoms with Crippen LogP contribution >= 0.6 is 0 Å². The van der Waals surface area contributed by atoms with Crippen LogP contribution in [0.1, 0.15) is 28.2 Å². The smallest absolute Gasteiger partial charge is 0.294 e. The molecule has 2 amide bonds. The minimum atomic E-state index is -1.36. The van der Waals surface area contributed by atoms with E-state index in [2.05, 4.69) is 0 Å². The van der Waals surface area contributed by atoms with E-state index < -0.39 is 17.4 Å². The molecule has 1 heterocycles. The van der Waals surface area contributed by atoms with Gasteiger partial charge in [-0.05, 0) is 23.3 Å². The van der Waals surface area contributed by atoms with Crippen LogP contribution in [-0.4, -0.2) is 25.4 Å². The molecule has 3 aliphatic carbocycles. The van der Waals surface area contributed by atoms with E-state index in [-0.39, 0.29) is 17.7 Å². The van der Waals surface area contributed by atoms with Crippen molar-refractivity contribution in [2.75, 3.05) is 12.0 Å². The zero-order chi connectivity index (χ0) is 22.0. The lowest BCUT2D eigenvalue weighted by Gasteiger charge is -2.52. The van der Waals surface area contributed by atoms with Crippen LogP contribution < -0.4 is 9.64 Å². The predicted molar refractivity (Wildman–Crippen MR) is 115 cm³/mol. The first-order valence-electron chi connectivity index (χ1n) is 10.5. The standard InChI is InChI=1S/C26H19NO5/c1-31-20-13-7-6-12-19(20)27-24(29)22-21-15-8-2-4-10-17(15)26(32-14-28,23(22)25(27)30)18-11-5-3-9-16(18)21/h2-14,21-23H,1H3. The van der Waals surface area contributed by atoms with Gasteiger partial charge in [-0.15, -0.1) is 0 Å². The van der Waals surface area contributed by atoms with Gasteiger partial charge in [-0.2, -0.15) is 0 Å². The van der Waals surface area contributed by atoms with Crippen LogP contribution in [0, 0.1) is 11.8 Å². The summed E-state index contributed by atoms with van der Waals surface area (Å²) in [5.41, 5.74) is 2.39. The third-order valence-electron chi connectivity index (χ3n) is 7.10. The molecule has 6 nitrogen and oxygen atoms in total. The van der Waals surface area contributed by atoms with E-state index in [4.69, 9.17) is 9.47 Å². The van der Waals surface area contributed by atoms with Crippen molar-refractivity contribution in [3.8, 4) is 5.75 Å². The lowest BCUT2D eigenvalue weighted by molar-refractivity contribution is -0.156. The summed E-state index contributed by atoms with van der Waals surface area (Å²) in [5, 5.41) is 0. The van der Waals surface area contributed by atoms with Gasteiger partial charge in [-0.3, -0.25) is 14.4 Å². The summed E-state index contributed by atoms with van der Waals surface area (Å²) in [5.74, 6) is -2.11. The largest absolute Gasteiger partial charge is 0.495 e. The second-order valence-corrected chi connectivity index (χ2v) is 8.29. The first-order valence-corrected chi connectivity index (χ1v) is 10.5. The molecule has 7 rings (SSSR count). The Morgan fingerprint density at radius 1 is 0.844 bits per heavy atom. The van der Waals surface area contributed by atoms with Gasteiger partial charge in [0.1, 0.15) is 5.75 Å². The van der Waals surface area contributed by atoms with Crippen molar-refractivity contribution in [2.24, 2.45) is 11.8 Å². The molecule has 0 saturated carbocycles. The average molecular weight is 425 g/mol. The predicted octanol–water partition coefficient (Wildman–Crippen LogP) is 3.38. The van der Waals surface area contributed by atoms with Gasteiger partial charge in [-0.25, -0.2) is 4.90 Å². The summed E-state index contributed by atoms with van der Waals surface area (Å²) in [6.45, 7) is 0.389. The van der Waals surface area contributed by atoms with Crippen molar-refractivity contribution in [3.63, 3.8) is 0 Å². The van der Waals surface area contributed by atoms with Crippen LogP contribution in [0.25, 0.3) is 0 Å². The molecule has 2 unspecified atom stereocenters. The number of rotatable bonds is 4. The maximum atomic E-state index is 14.0. The molecule has 3 aromatic rings. The molecule has 2 bridgehead atoms. The number of hydrogen-bond acceptors (Lipinski definition) is 5. The molecule has 0 N–H and O–H groups in total. The van der Waals surface area contributed by atoms with Crippen LogP contribution in [0.3, 0.4) is 0 Å². The zero-order valence-corrected chi connectivity index (χ0v) is 17.2. The number of methoxy groups -OCH3 is 1. The van der Waals surface area contributed by atoms with Gasteiger partial charge in [0.05, 0.1) is 24.6 Å². The number of para-hydroxylation sites is 2. The molecule has 32 heavy (non-hydrogen) atoms. The number of nitrogens with zero attached hydrogens (tertiary/aromatic N) is 1. The topological polar surface area (TPSA) is 72.9 Å². The molecule has 1 fully saturated rings. The van der Waals surface area contributed by atoms with E-state index in [0.29, 0.717) is 17.9 Å². The molecule has 0 spiro atoms. The van der Waals surface area contributed by atoms with E-state index in [1.807, 2.05) is 48.5 Å². The molecule has 3 aromatic carbocycles. The summed E-state index contributed by atoms with van der Waals surface area (Å²) in [6, 6.07) is 22.2. The lowest BCUT2D eigenvalue weighted by Crippen LogP contribution is -2.55. The Hall–Kier alpha value is -3.93. The molecule has 0 radical (unpaired) electrons. The third-order valence-corrected chi connectivity index (χ3v) is 7.10. The summed E-state index contributed by atoms with van der Waals surface area (Å²) >= 11 is 0. The van der Waals surface area contributed by atoms with Gasteiger partial charge >= 0.3 is 0 Å². The Morgan fingerprint density at radius 3 is 2.06 bits per heavy atom. The number of carbonyl (C=O) groups is 3. The fourth-order valence-electron chi connectivity index (χ4n) is 6.03. The number of anilines is 1. The van der Waals surface area contributed by atoms with Crippen molar-refractivity contribution in [1.29, 1.82) is 0 Å². The number of ether oxygens (including phenoxy) is 2. The Bertz CT molecular complexity index is 1250. The van der Waals surface area contributed by atoms with Crippen LogP contribution in [0.5, 0.6) is 5.75 Å². The van der Waals surface area contributed by atoms with Crippen molar-refractivity contribution < 1.29 is 23.9 Å². The minimum absolute atomic E-state index is 0.305. The normalized spacial score (nSPS) is 26.9. The van der Waals surface area contributed by atoms with E-state index in [1.54, 1.807) is 24.3 Å². The highest BCUT2D eigenvalue weighted by molar-refractivity contribution is 6.24. The fourth-order valence-corrected chi connectivity index (χ4v) is 6.03. The van der Waals surface area contributed by atoms with E-state index in [1.165, 1.54) is 12.0 Å². The highest BCUT2D eigenvalue weighted by Gasteiger charge is 2.70. The summed E-state index contributed by atoms with van der Waals surface area (Å²) in [7, 11) is 1.50. The first kappa shape index (κ1) is 18.8. The van der Waals surface area contributed by atoms with Gasteiger partial charge < -0.3 is 9.47 Å². The van der Waals surface area contributed by atoms with Gasteiger partial charge in [0.15, 0.2) is 5.60 Å². The van der Waals surface area contributed by atoms with E-state index in [9.17, 15) is 14.4 Å². The molecular formula is C26H19NO5. The third kappa shape index (κ3) is 2.07. The fraction of sp³-hybridized carbons (Fsp3) is 0.192. The molecule has 1 aliphatic heterocycles. The summed E-state index contributed by atoms with van der Waals surface area (Å²) in [6.07, 6.45) is 0. The monoisotopic (exact) mass is 425 g/mol. The van der Waals surface area contributed by atoms with Gasteiger partial charge in [0.25, 0.3) is 6.47 Å². The molecule has 0 aromatic heterocycles. The van der Waals surface area contributed by atoms with E-state index >= 15 is 0 Å². The van der Waals surface area contributed by atoms with Crippen molar-refractivity contribution in [3.05, 3.63) is 95.1 Å². The van der Waals surface area contributed by atoms with E-state index in [0.717, 1.165) is 22.3 Å². The van der Waals surface area contributed by atoms with Crippen LogP contribution in [0.15, 0.2) is 72.8 Å². The number of benzene rings is 3. The number of amides is 2. The van der Waals surface area contributed by atoms with Gasteiger partial charge in [-0.1, -0.05) is 60.7 Å². The van der Waals surface area contributed by atoms with Gasteiger partial charge in [0, 0.05) is 17.0 Å². The average Bonchev–Trinajstić information content (AvgIpc) is 3.10. The highest BCUT2D eigenvalue weighted by Crippen LogP contribution is 2.64. The number of carbonyl (C=O) groups excluding carboxylic acids is 3. The van der Waals surface area contributed by atoms with Crippen molar-refractivity contribution >= 4 is 24.0 Å². The number of imide groups is 1. The molecular weight excluding hydrogens is 406 g/mol. The quantitative estimate of drug-likeness (QED) is 0.473. The Labute approximate surface area is 184 Å². The maximum Gasteiger partial charge on any atom is 0.294 e. The SMILES string of the molecule is COc1ccccc1N1C(=O)C2C3c4ccccc4C(OC=O)(c4ccccc43)C2C1=O. The second kappa shape index (κ2) is 6.53. The van der Waals surface area contributed by atoms with Gasteiger partial charge in [0.2, 0.25) is 11.8 Å². The zero-order valence-electron chi connectivity index (χ0n) is 17.2. The van der Waals surface area contributed by atoms with Crippen LogP contribution in [-0.2, 0) is 24.7 Å². The lowest BCUT2D eigenvalue weighted by atomic mass is 9.52. The summed E-state index contributed by atoms with van der Waals surface area (Å²) in [4.78, 5) is 40.9. The molecule has 1 saturated heterocycles. The highest BCUT2D eigenvalue weighted by atomic mass is 16.5. The second-order valence-electron chi connectivity index (χ2n) is 8.29. The van der Waals surface area contributed by atoms with Crippen LogP contribution in [0.2, 0.25) is 0 Å². The van der Waals surface area contributed by atoms with Crippen LogP contribution in [0.4, 0.5) is 5.69 Å². The minimum Gasteiger partial charge on any atom is -0.495 e. The summed E-state index contributed by atoms with van der Waals surface area (Å²) < 4.78 is 11.3.